The molecule has 1 aliphatic heterocycles. The highest BCUT2D eigenvalue weighted by molar-refractivity contribution is 7.89. The summed E-state index contributed by atoms with van der Waals surface area (Å²) >= 11 is 12.1. The summed E-state index contributed by atoms with van der Waals surface area (Å²) in [6.07, 6.45) is 0.781. The maximum Gasteiger partial charge on any atom is 0.246 e. The van der Waals surface area contributed by atoms with E-state index in [0.717, 1.165) is 5.56 Å². The van der Waals surface area contributed by atoms with Crippen molar-refractivity contribution in [3.8, 4) is 0 Å². The molecule has 1 aliphatic rings. The number of benzene rings is 2. The highest BCUT2D eigenvalue weighted by Gasteiger charge is 2.34. The van der Waals surface area contributed by atoms with E-state index >= 15 is 0 Å². The summed E-state index contributed by atoms with van der Waals surface area (Å²) in [4.78, 5) is 17.4. The van der Waals surface area contributed by atoms with Gasteiger partial charge in [0.05, 0.1) is 16.7 Å². The molecular weight excluding hydrogens is 423 g/mol. The van der Waals surface area contributed by atoms with Crippen molar-refractivity contribution in [1.29, 1.82) is 0 Å². The van der Waals surface area contributed by atoms with Gasteiger partial charge in [0.25, 0.3) is 0 Å². The van der Waals surface area contributed by atoms with Crippen molar-refractivity contribution in [1.82, 2.24) is 9.79 Å². The summed E-state index contributed by atoms with van der Waals surface area (Å²) in [5.74, 6) is -0.562. The molecule has 1 N–H and O–H groups in total. The summed E-state index contributed by atoms with van der Waals surface area (Å²) < 4.78 is 27.0. The van der Waals surface area contributed by atoms with Gasteiger partial charge in [-0.15, -0.1) is 0 Å². The van der Waals surface area contributed by atoms with E-state index in [-0.39, 0.29) is 46.5 Å². The number of hydroxylamine groups is 1. The van der Waals surface area contributed by atoms with Crippen LogP contribution in [0.15, 0.2) is 53.4 Å². The molecule has 2 aromatic rings. The second kappa shape index (κ2) is 9.24. The molecule has 1 fully saturated rings. The topological polar surface area (TPSA) is 75.7 Å². The number of sulfonamides is 1. The molecule has 28 heavy (non-hydrogen) atoms. The third-order valence-corrected chi connectivity index (χ3v) is 7.45. The van der Waals surface area contributed by atoms with Crippen molar-refractivity contribution in [3.05, 3.63) is 64.1 Å². The second-order valence-corrected chi connectivity index (χ2v) is 9.16. The summed E-state index contributed by atoms with van der Waals surface area (Å²) in [6.45, 7) is 0.687. The Kier molecular flexibility index (Phi) is 6.95. The van der Waals surface area contributed by atoms with E-state index in [4.69, 9.17) is 28.0 Å². The molecule has 0 unspecified atom stereocenters. The first-order valence-electron chi connectivity index (χ1n) is 8.79. The predicted octanol–water partition coefficient (Wildman–Crippen LogP) is 3.64. The number of nitrogens with zero attached hydrogens (tertiary/aromatic N) is 1. The van der Waals surface area contributed by atoms with Gasteiger partial charge in [0.15, 0.2) is 0 Å². The fraction of sp³-hybridized carbons (Fsp3) is 0.316. The van der Waals surface area contributed by atoms with Crippen molar-refractivity contribution in [2.24, 2.45) is 5.92 Å². The smallest absolute Gasteiger partial charge is 0.246 e. The van der Waals surface area contributed by atoms with Gasteiger partial charge in [-0.05, 0) is 30.5 Å². The number of hydrogen-bond donors (Lipinski definition) is 1. The van der Waals surface area contributed by atoms with Gasteiger partial charge in [-0.3, -0.25) is 9.63 Å². The SMILES string of the molecule is O=C(NOCc1ccccc1)C1CCN(S(=O)(=O)c2c(Cl)cccc2Cl)CC1. The Balaban J connectivity index is 1.54. The summed E-state index contributed by atoms with van der Waals surface area (Å²) in [6, 6.07) is 14.1. The van der Waals surface area contributed by atoms with E-state index < -0.39 is 10.0 Å². The van der Waals surface area contributed by atoms with Crippen LogP contribution in [0.1, 0.15) is 18.4 Å². The van der Waals surface area contributed by atoms with Crippen LogP contribution in [-0.2, 0) is 26.3 Å². The fourth-order valence-corrected chi connectivity index (χ4v) is 5.63. The molecule has 0 radical (unpaired) electrons. The van der Waals surface area contributed by atoms with Gasteiger partial charge in [0, 0.05) is 19.0 Å². The van der Waals surface area contributed by atoms with Crippen molar-refractivity contribution in [2.75, 3.05) is 13.1 Å². The first-order chi connectivity index (χ1) is 13.4. The number of hydrogen-bond acceptors (Lipinski definition) is 4. The number of amides is 1. The van der Waals surface area contributed by atoms with Crippen molar-refractivity contribution < 1.29 is 18.0 Å². The van der Waals surface area contributed by atoms with Crippen LogP contribution in [0.5, 0.6) is 0 Å². The zero-order chi connectivity index (χ0) is 20.1. The highest BCUT2D eigenvalue weighted by atomic mass is 35.5. The summed E-state index contributed by atoms with van der Waals surface area (Å²) in [5, 5.41) is 0.170. The van der Waals surface area contributed by atoms with Crippen molar-refractivity contribution in [2.45, 2.75) is 24.3 Å². The Morgan fingerprint density at radius 1 is 1.04 bits per heavy atom. The van der Waals surface area contributed by atoms with Gasteiger partial charge < -0.3 is 0 Å². The zero-order valence-electron chi connectivity index (χ0n) is 15.0. The molecule has 6 nitrogen and oxygen atoms in total. The lowest BCUT2D eigenvalue weighted by atomic mass is 9.98. The minimum atomic E-state index is -3.82. The van der Waals surface area contributed by atoms with Crippen LogP contribution in [0.4, 0.5) is 0 Å². The zero-order valence-corrected chi connectivity index (χ0v) is 17.3. The lowest BCUT2D eigenvalue weighted by Crippen LogP contribution is -2.43. The van der Waals surface area contributed by atoms with E-state index in [0.29, 0.717) is 12.8 Å². The monoisotopic (exact) mass is 442 g/mol. The summed E-state index contributed by atoms with van der Waals surface area (Å²) in [5.41, 5.74) is 3.40. The van der Waals surface area contributed by atoms with Gasteiger partial charge in [-0.1, -0.05) is 59.6 Å². The quantitative estimate of drug-likeness (QED) is 0.692. The van der Waals surface area contributed by atoms with Gasteiger partial charge in [-0.25, -0.2) is 13.9 Å². The average molecular weight is 443 g/mol. The van der Waals surface area contributed by atoms with E-state index in [2.05, 4.69) is 5.48 Å². The lowest BCUT2D eigenvalue weighted by molar-refractivity contribution is -0.140. The molecule has 0 bridgehead atoms. The number of carbonyl (C=O) groups is 1. The Hall–Kier alpha value is -1.64. The molecule has 3 rings (SSSR count). The second-order valence-electron chi connectivity index (χ2n) is 6.47. The Bertz CT molecular complexity index is 910. The van der Waals surface area contributed by atoms with Crippen molar-refractivity contribution >= 4 is 39.1 Å². The third kappa shape index (κ3) is 4.85. The van der Waals surface area contributed by atoms with Crippen molar-refractivity contribution in [3.63, 3.8) is 0 Å². The fourth-order valence-electron chi connectivity index (χ4n) is 3.06. The molecule has 2 aromatic carbocycles. The third-order valence-electron chi connectivity index (χ3n) is 4.60. The van der Waals surface area contributed by atoms with E-state index in [1.807, 2.05) is 30.3 Å². The van der Waals surface area contributed by atoms with E-state index in [1.54, 1.807) is 6.07 Å². The lowest BCUT2D eigenvalue weighted by Gasteiger charge is -2.30. The van der Waals surface area contributed by atoms with E-state index in [1.165, 1.54) is 16.4 Å². The summed E-state index contributed by atoms with van der Waals surface area (Å²) in [7, 11) is -3.82. The Morgan fingerprint density at radius 2 is 1.64 bits per heavy atom. The molecule has 0 spiro atoms. The molecule has 1 amide bonds. The van der Waals surface area contributed by atoms with Crippen LogP contribution in [0, 0.1) is 5.92 Å². The van der Waals surface area contributed by atoms with E-state index in [9.17, 15) is 13.2 Å². The first-order valence-corrected chi connectivity index (χ1v) is 11.0. The molecular formula is C19H20Cl2N2O4S. The molecule has 9 heteroatoms. The Morgan fingerprint density at radius 3 is 2.25 bits per heavy atom. The number of rotatable bonds is 6. The molecule has 150 valence electrons. The van der Waals surface area contributed by atoms with Crippen LogP contribution in [0.2, 0.25) is 10.0 Å². The van der Waals surface area contributed by atoms with Gasteiger partial charge >= 0.3 is 0 Å². The minimum Gasteiger partial charge on any atom is -0.272 e. The Labute approximate surface area is 174 Å². The maximum absolute atomic E-state index is 12.9. The molecule has 0 atom stereocenters. The van der Waals surface area contributed by atoms with Crippen LogP contribution < -0.4 is 5.48 Å². The average Bonchev–Trinajstić information content (AvgIpc) is 2.68. The minimum absolute atomic E-state index is 0.0849. The maximum atomic E-state index is 12.9. The van der Waals surface area contributed by atoms with Gasteiger partial charge in [0.2, 0.25) is 15.9 Å². The van der Waals surface area contributed by atoms with Gasteiger partial charge in [0.1, 0.15) is 4.90 Å². The normalized spacial score (nSPS) is 16.1. The van der Waals surface area contributed by atoms with Crippen LogP contribution in [0.3, 0.4) is 0 Å². The van der Waals surface area contributed by atoms with Gasteiger partial charge in [-0.2, -0.15) is 4.31 Å². The number of piperidine rings is 1. The highest BCUT2D eigenvalue weighted by Crippen LogP contribution is 2.33. The number of halogens is 2. The predicted molar refractivity (Wildman–Crippen MR) is 107 cm³/mol. The van der Waals surface area contributed by atoms with Crippen LogP contribution >= 0.6 is 23.2 Å². The molecule has 0 aliphatic carbocycles. The largest absolute Gasteiger partial charge is 0.272 e. The standard InChI is InChI=1S/C19H20Cl2N2O4S/c20-16-7-4-8-17(21)18(16)28(25,26)23-11-9-15(10-12-23)19(24)22-27-13-14-5-2-1-3-6-14/h1-8,15H,9-13H2,(H,22,24). The molecule has 1 heterocycles. The molecule has 0 aromatic heterocycles. The number of nitrogens with one attached hydrogen (secondary N) is 1. The number of carbonyl (C=O) groups excluding carboxylic acids is 1. The van der Waals surface area contributed by atoms with Crippen LogP contribution in [-0.4, -0.2) is 31.7 Å². The molecule has 0 saturated carbocycles. The van der Waals surface area contributed by atoms with Crippen LogP contribution in [0.25, 0.3) is 0 Å². The molecule has 1 saturated heterocycles. The first kappa shape index (κ1) is 21.1.